The molecule has 1 aliphatic heterocycles. The molecule has 0 saturated carbocycles. The normalized spacial score (nSPS) is 14.7. The molecule has 156 valence electrons. The Morgan fingerprint density at radius 3 is 2.67 bits per heavy atom. The molecular formula is C22H22ClN3O4. The van der Waals surface area contributed by atoms with Gasteiger partial charge in [-0.15, -0.1) is 0 Å². The van der Waals surface area contributed by atoms with Crippen LogP contribution in [0.5, 0.6) is 5.75 Å². The van der Waals surface area contributed by atoms with Crippen LogP contribution in [0.1, 0.15) is 5.56 Å². The van der Waals surface area contributed by atoms with Crippen LogP contribution in [-0.2, 0) is 6.54 Å². The van der Waals surface area contributed by atoms with Crippen LogP contribution >= 0.6 is 11.6 Å². The van der Waals surface area contributed by atoms with Gasteiger partial charge < -0.3 is 19.4 Å². The predicted octanol–water partition coefficient (Wildman–Crippen LogP) is 3.80. The van der Waals surface area contributed by atoms with Crippen molar-refractivity contribution >= 4 is 34.3 Å². The molecule has 0 aliphatic carbocycles. The first kappa shape index (κ1) is 20.3. The summed E-state index contributed by atoms with van der Waals surface area (Å²) < 4.78 is 10.6. The number of hydrogen-bond acceptors (Lipinski definition) is 5. The van der Waals surface area contributed by atoms with E-state index in [0.29, 0.717) is 54.8 Å². The first-order valence-electron chi connectivity index (χ1n) is 9.66. The molecule has 0 spiro atoms. The van der Waals surface area contributed by atoms with Gasteiger partial charge in [-0.2, -0.15) is 0 Å². The third-order valence-corrected chi connectivity index (χ3v) is 5.40. The molecule has 1 fully saturated rings. The molecule has 0 bridgehead atoms. The van der Waals surface area contributed by atoms with Crippen molar-refractivity contribution in [3.05, 3.63) is 69.5 Å². The standard InChI is InChI=1S/C22H22ClN3O4/c1-29-18-5-6-20-19(13-18)15(11-21(27)30-20)14-25-7-9-26(10-8-25)22(28)24-17-4-2-3-16(23)12-17/h2-6,11-13H,7-10,14H2,1H3,(H,24,28). The fourth-order valence-electron chi connectivity index (χ4n) is 3.58. The van der Waals surface area contributed by atoms with Crippen LogP contribution in [0.4, 0.5) is 10.5 Å². The van der Waals surface area contributed by atoms with E-state index in [-0.39, 0.29) is 11.7 Å². The molecule has 3 aromatic rings. The zero-order chi connectivity index (χ0) is 21.1. The number of amides is 2. The molecule has 1 aliphatic rings. The maximum atomic E-state index is 12.5. The minimum atomic E-state index is -0.373. The predicted molar refractivity (Wildman–Crippen MR) is 116 cm³/mol. The first-order valence-corrected chi connectivity index (χ1v) is 10.0. The molecule has 30 heavy (non-hydrogen) atoms. The van der Waals surface area contributed by atoms with Gasteiger partial charge in [0.1, 0.15) is 11.3 Å². The van der Waals surface area contributed by atoms with Gasteiger partial charge in [0.15, 0.2) is 0 Å². The van der Waals surface area contributed by atoms with Crippen LogP contribution in [0, 0.1) is 0 Å². The summed E-state index contributed by atoms with van der Waals surface area (Å²) in [7, 11) is 1.60. The van der Waals surface area contributed by atoms with E-state index in [1.54, 1.807) is 48.4 Å². The lowest BCUT2D eigenvalue weighted by Gasteiger charge is -2.34. The first-order chi connectivity index (χ1) is 14.5. The molecule has 8 heteroatoms. The molecule has 0 unspecified atom stereocenters. The maximum absolute atomic E-state index is 12.5. The van der Waals surface area contributed by atoms with Crippen LogP contribution in [0.25, 0.3) is 11.0 Å². The lowest BCUT2D eigenvalue weighted by molar-refractivity contribution is 0.143. The van der Waals surface area contributed by atoms with Gasteiger partial charge in [-0.1, -0.05) is 17.7 Å². The van der Waals surface area contributed by atoms with Crippen molar-refractivity contribution < 1.29 is 13.9 Å². The Labute approximate surface area is 178 Å². The van der Waals surface area contributed by atoms with Crippen LogP contribution in [0.3, 0.4) is 0 Å². The zero-order valence-corrected chi connectivity index (χ0v) is 17.3. The van der Waals surface area contributed by atoms with E-state index in [4.69, 9.17) is 20.8 Å². The van der Waals surface area contributed by atoms with Gasteiger partial charge in [0, 0.05) is 54.9 Å². The lowest BCUT2D eigenvalue weighted by atomic mass is 10.1. The Hall–Kier alpha value is -3.03. The monoisotopic (exact) mass is 427 g/mol. The van der Waals surface area contributed by atoms with Crippen LogP contribution in [0.15, 0.2) is 57.7 Å². The maximum Gasteiger partial charge on any atom is 0.336 e. The van der Waals surface area contributed by atoms with E-state index in [1.165, 1.54) is 6.07 Å². The summed E-state index contributed by atoms with van der Waals surface area (Å²) in [6.45, 7) is 3.19. The Kier molecular flexibility index (Phi) is 5.92. The van der Waals surface area contributed by atoms with Gasteiger partial charge in [-0.25, -0.2) is 9.59 Å². The van der Waals surface area contributed by atoms with Gasteiger partial charge in [-0.3, -0.25) is 4.90 Å². The summed E-state index contributed by atoms with van der Waals surface area (Å²) in [5, 5.41) is 4.31. The smallest absolute Gasteiger partial charge is 0.336 e. The summed E-state index contributed by atoms with van der Waals surface area (Å²) in [5.74, 6) is 0.708. The van der Waals surface area contributed by atoms with Gasteiger partial charge in [0.05, 0.1) is 7.11 Å². The molecule has 1 N–H and O–H groups in total. The summed E-state index contributed by atoms with van der Waals surface area (Å²) in [6, 6.07) is 13.9. The molecule has 2 amide bonds. The molecule has 4 rings (SSSR count). The van der Waals surface area contributed by atoms with E-state index in [1.807, 2.05) is 6.07 Å². The number of ether oxygens (including phenoxy) is 1. The van der Waals surface area contributed by atoms with Gasteiger partial charge in [-0.05, 0) is 42.0 Å². The van der Waals surface area contributed by atoms with Gasteiger partial charge in [0.25, 0.3) is 0 Å². The number of hydrogen-bond donors (Lipinski definition) is 1. The Morgan fingerprint density at radius 2 is 1.93 bits per heavy atom. The summed E-state index contributed by atoms with van der Waals surface area (Å²) in [4.78, 5) is 28.5. The second kappa shape index (κ2) is 8.77. The highest BCUT2D eigenvalue weighted by molar-refractivity contribution is 6.30. The number of nitrogens with one attached hydrogen (secondary N) is 1. The number of halogens is 1. The number of urea groups is 1. The van der Waals surface area contributed by atoms with E-state index in [2.05, 4.69) is 10.2 Å². The number of methoxy groups -OCH3 is 1. The van der Waals surface area contributed by atoms with E-state index >= 15 is 0 Å². The van der Waals surface area contributed by atoms with Crippen LogP contribution < -0.4 is 15.7 Å². The number of anilines is 1. The molecule has 1 saturated heterocycles. The quantitative estimate of drug-likeness (QED) is 0.641. The lowest BCUT2D eigenvalue weighted by Crippen LogP contribution is -2.49. The van der Waals surface area contributed by atoms with Gasteiger partial charge in [0.2, 0.25) is 0 Å². The highest BCUT2D eigenvalue weighted by atomic mass is 35.5. The molecule has 2 aromatic carbocycles. The average Bonchev–Trinajstić information content (AvgIpc) is 2.74. The molecule has 0 radical (unpaired) electrons. The third kappa shape index (κ3) is 4.58. The van der Waals surface area contributed by atoms with Crippen molar-refractivity contribution in [3.63, 3.8) is 0 Å². The van der Waals surface area contributed by atoms with Crippen molar-refractivity contribution in [3.8, 4) is 5.75 Å². The van der Waals surface area contributed by atoms with Crippen molar-refractivity contribution in [2.75, 3.05) is 38.6 Å². The number of rotatable bonds is 4. The minimum absolute atomic E-state index is 0.146. The average molecular weight is 428 g/mol. The SMILES string of the molecule is COc1ccc2oc(=O)cc(CN3CCN(C(=O)Nc4cccc(Cl)c4)CC3)c2c1. The van der Waals surface area contributed by atoms with E-state index in [0.717, 1.165) is 10.9 Å². The summed E-state index contributed by atoms with van der Waals surface area (Å²) in [6.07, 6.45) is 0. The molecule has 7 nitrogen and oxygen atoms in total. The van der Waals surface area contributed by atoms with Crippen molar-refractivity contribution in [2.24, 2.45) is 0 Å². The number of benzene rings is 2. The second-order valence-electron chi connectivity index (χ2n) is 7.16. The number of nitrogens with zero attached hydrogens (tertiary/aromatic N) is 2. The van der Waals surface area contributed by atoms with E-state index in [9.17, 15) is 9.59 Å². The Bertz CT molecular complexity index is 1120. The van der Waals surface area contributed by atoms with Gasteiger partial charge >= 0.3 is 11.7 Å². The fraction of sp³-hybridized carbons (Fsp3) is 0.273. The molecular weight excluding hydrogens is 406 g/mol. The number of fused-ring (bicyclic) bond motifs is 1. The number of carbonyl (C=O) groups excluding carboxylic acids is 1. The number of carbonyl (C=O) groups is 1. The largest absolute Gasteiger partial charge is 0.497 e. The molecule has 2 heterocycles. The van der Waals surface area contributed by atoms with Crippen molar-refractivity contribution in [1.82, 2.24) is 9.80 Å². The van der Waals surface area contributed by atoms with Crippen molar-refractivity contribution in [2.45, 2.75) is 6.54 Å². The zero-order valence-electron chi connectivity index (χ0n) is 16.6. The third-order valence-electron chi connectivity index (χ3n) is 5.16. The topological polar surface area (TPSA) is 75.0 Å². The number of piperazine rings is 1. The highest BCUT2D eigenvalue weighted by Crippen LogP contribution is 2.24. The molecule has 1 aromatic heterocycles. The molecule has 0 atom stereocenters. The van der Waals surface area contributed by atoms with E-state index < -0.39 is 0 Å². The second-order valence-corrected chi connectivity index (χ2v) is 7.59. The van der Waals surface area contributed by atoms with Crippen LogP contribution in [-0.4, -0.2) is 49.1 Å². The van der Waals surface area contributed by atoms with Crippen molar-refractivity contribution in [1.29, 1.82) is 0 Å². The Balaban J connectivity index is 1.41. The highest BCUT2D eigenvalue weighted by Gasteiger charge is 2.22. The summed E-state index contributed by atoms with van der Waals surface area (Å²) >= 11 is 5.97. The summed E-state index contributed by atoms with van der Waals surface area (Å²) in [5.41, 5.74) is 1.73. The Morgan fingerprint density at radius 1 is 1.13 bits per heavy atom. The fourth-order valence-corrected chi connectivity index (χ4v) is 3.77. The minimum Gasteiger partial charge on any atom is -0.497 e. The van der Waals surface area contributed by atoms with Crippen LogP contribution in [0.2, 0.25) is 5.02 Å².